The number of hydrogen-bond donors (Lipinski definition) is 2. The Balaban J connectivity index is 1.75. The number of fused-ring (bicyclic) bond motifs is 1. The third-order valence-electron chi connectivity index (χ3n) is 5.37. The molecule has 0 radical (unpaired) electrons. The monoisotopic (exact) mass is 515 g/mol. The minimum Gasteiger partial charge on any atom is -0.497 e. The second-order valence-electron chi connectivity index (χ2n) is 7.70. The van der Waals surface area contributed by atoms with Gasteiger partial charge in [-0.2, -0.15) is 26.7 Å². The Bertz CT molecular complexity index is 1340. The number of rotatable bonds is 7. The highest BCUT2D eigenvalue weighted by Gasteiger charge is 2.49. The number of ether oxygens (including phenoxy) is 1. The van der Waals surface area contributed by atoms with E-state index in [0.29, 0.717) is 12.2 Å². The van der Waals surface area contributed by atoms with Crippen molar-refractivity contribution >= 4 is 33.1 Å². The number of amides is 1. The van der Waals surface area contributed by atoms with Crippen LogP contribution >= 0.6 is 0 Å². The Morgan fingerprint density at radius 3 is 2.57 bits per heavy atom. The molecule has 3 heterocycles. The molecule has 11 nitrogen and oxygen atoms in total. The van der Waals surface area contributed by atoms with Crippen LogP contribution in [0.15, 0.2) is 36.5 Å². The van der Waals surface area contributed by atoms with Crippen LogP contribution in [0, 0.1) is 0 Å². The molecule has 1 fully saturated rings. The number of carboxylic acid groups (broad SMARTS) is 1. The smallest absolute Gasteiger partial charge is 0.497 e. The molecule has 3 aromatic rings. The standard InChI is InChI=1S/C20H20F3N5O6S/c1-33-14-4-2-12(3-5-14)10-28-18-16(15(6-8-24-18)34-35(31,32)20(21,22)23)17(26-28)25-13-7-9-27(11-13)19(29)30/h2-6,8,13H,7,9-11H2,1H3,(H,25,26)(H,29,30)/t13-/m1/s1. The second-order valence-corrected chi connectivity index (χ2v) is 9.24. The van der Waals surface area contributed by atoms with E-state index in [4.69, 9.17) is 4.74 Å². The van der Waals surface area contributed by atoms with Crippen LogP contribution in [-0.2, 0) is 16.7 Å². The van der Waals surface area contributed by atoms with Crippen molar-refractivity contribution in [2.75, 3.05) is 25.5 Å². The summed E-state index contributed by atoms with van der Waals surface area (Å²) in [4.78, 5) is 16.6. The second kappa shape index (κ2) is 9.13. The molecule has 1 saturated heterocycles. The zero-order chi connectivity index (χ0) is 25.4. The highest BCUT2D eigenvalue weighted by atomic mass is 32.2. The van der Waals surface area contributed by atoms with Crippen molar-refractivity contribution in [3.63, 3.8) is 0 Å². The summed E-state index contributed by atoms with van der Waals surface area (Å²) >= 11 is 0. The number of alkyl halides is 3. The molecule has 1 aromatic carbocycles. The van der Waals surface area contributed by atoms with Gasteiger partial charge in [-0.25, -0.2) is 14.5 Å². The maximum absolute atomic E-state index is 13.0. The van der Waals surface area contributed by atoms with E-state index in [1.165, 1.54) is 16.7 Å². The summed E-state index contributed by atoms with van der Waals surface area (Å²) in [6, 6.07) is 7.54. The number of carbonyl (C=O) groups is 1. The van der Waals surface area contributed by atoms with Gasteiger partial charge >= 0.3 is 21.7 Å². The van der Waals surface area contributed by atoms with Crippen LogP contribution in [0.1, 0.15) is 12.0 Å². The number of pyridine rings is 1. The molecule has 1 aliphatic heterocycles. The Hall–Kier alpha value is -3.75. The molecule has 2 N–H and O–H groups in total. The number of nitrogens with zero attached hydrogens (tertiary/aromatic N) is 4. The van der Waals surface area contributed by atoms with E-state index >= 15 is 0 Å². The summed E-state index contributed by atoms with van der Waals surface area (Å²) < 4.78 is 73.3. The van der Waals surface area contributed by atoms with E-state index in [1.54, 1.807) is 24.3 Å². The topological polar surface area (TPSA) is 136 Å². The predicted octanol–water partition coefficient (Wildman–Crippen LogP) is 2.88. The first-order valence-electron chi connectivity index (χ1n) is 10.2. The van der Waals surface area contributed by atoms with E-state index in [9.17, 15) is 31.5 Å². The Morgan fingerprint density at radius 1 is 1.26 bits per heavy atom. The van der Waals surface area contributed by atoms with Gasteiger partial charge in [0.25, 0.3) is 0 Å². The number of hydrogen-bond acceptors (Lipinski definition) is 8. The average Bonchev–Trinajstić information content (AvgIpc) is 3.39. The molecule has 15 heteroatoms. The summed E-state index contributed by atoms with van der Waals surface area (Å²) in [6.07, 6.45) is 0.420. The Kier molecular flexibility index (Phi) is 6.36. The zero-order valence-corrected chi connectivity index (χ0v) is 19.0. The molecule has 0 bridgehead atoms. The number of methoxy groups -OCH3 is 1. The number of anilines is 1. The SMILES string of the molecule is COc1ccc(Cn2nc(N[C@@H]3CCN(C(=O)O)C3)c3c(OS(=O)(=O)C(F)(F)F)ccnc32)cc1. The first-order chi connectivity index (χ1) is 16.5. The molecule has 0 aliphatic carbocycles. The van der Waals surface area contributed by atoms with Gasteiger partial charge in [0, 0.05) is 31.4 Å². The number of aromatic nitrogens is 3. The molecule has 4 rings (SSSR count). The molecular formula is C20H20F3N5O6S. The lowest BCUT2D eigenvalue weighted by Gasteiger charge is -2.14. The van der Waals surface area contributed by atoms with Crippen molar-refractivity contribution in [3.8, 4) is 11.5 Å². The molecule has 2 aromatic heterocycles. The first kappa shape index (κ1) is 24.4. The third kappa shape index (κ3) is 5.03. The molecule has 1 aliphatic rings. The molecule has 0 unspecified atom stereocenters. The summed E-state index contributed by atoms with van der Waals surface area (Å²) in [5.74, 6) is 0.0342. The summed E-state index contributed by atoms with van der Waals surface area (Å²) in [5.41, 5.74) is -4.80. The lowest BCUT2D eigenvalue weighted by molar-refractivity contribution is -0.0499. The molecule has 0 spiro atoms. The molecule has 188 valence electrons. The van der Waals surface area contributed by atoms with Crippen LogP contribution in [-0.4, -0.2) is 71.0 Å². The minimum atomic E-state index is -5.96. The largest absolute Gasteiger partial charge is 0.534 e. The van der Waals surface area contributed by atoms with E-state index in [0.717, 1.165) is 17.8 Å². The van der Waals surface area contributed by atoms with Gasteiger partial charge in [-0.15, -0.1) is 0 Å². The maximum Gasteiger partial charge on any atom is 0.534 e. The van der Waals surface area contributed by atoms with E-state index < -0.39 is 33.5 Å². The molecule has 1 amide bonds. The minimum absolute atomic E-state index is 0.0197. The zero-order valence-electron chi connectivity index (χ0n) is 18.2. The molecular weight excluding hydrogens is 495 g/mol. The summed E-state index contributed by atoms with van der Waals surface area (Å²) in [7, 11) is -4.44. The fraction of sp³-hybridized carbons (Fsp3) is 0.350. The van der Waals surface area contributed by atoms with E-state index in [-0.39, 0.29) is 36.5 Å². The lowest BCUT2D eigenvalue weighted by atomic mass is 10.2. The number of nitrogens with one attached hydrogen (secondary N) is 1. The van der Waals surface area contributed by atoms with Gasteiger partial charge in [-0.3, -0.25) is 0 Å². The maximum atomic E-state index is 13.0. The van der Waals surface area contributed by atoms with Gasteiger partial charge in [0.15, 0.2) is 17.2 Å². The van der Waals surface area contributed by atoms with E-state index in [1.807, 2.05) is 0 Å². The van der Waals surface area contributed by atoms with Crippen LogP contribution in [0.2, 0.25) is 0 Å². The Morgan fingerprint density at radius 2 is 1.97 bits per heavy atom. The van der Waals surface area contributed by atoms with Crippen LogP contribution in [0.4, 0.5) is 23.8 Å². The molecule has 1 atom stereocenters. The van der Waals surface area contributed by atoms with Crippen molar-refractivity contribution in [3.05, 3.63) is 42.1 Å². The van der Waals surface area contributed by atoms with Gasteiger partial charge in [-0.1, -0.05) is 12.1 Å². The predicted molar refractivity (Wildman–Crippen MR) is 117 cm³/mol. The van der Waals surface area contributed by atoms with Crippen LogP contribution in [0.25, 0.3) is 11.0 Å². The van der Waals surface area contributed by atoms with Gasteiger partial charge in [-0.05, 0) is 24.1 Å². The van der Waals surface area contributed by atoms with Crippen LogP contribution in [0.3, 0.4) is 0 Å². The summed E-state index contributed by atoms with van der Waals surface area (Å²) in [6.45, 7) is 0.511. The van der Waals surface area contributed by atoms with Gasteiger partial charge < -0.3 is 24.2 Å². The highest BCUT2D eigenvalue weighted by molar-refractivity contribution is 7.88. The van der Waals surface area contributed by atoms with Crippen molar-refractivity contribution in [1.82, 2.24) is 19.7 Å². The van der Waals surface area contributed by atoms with E-state index in [2.05, 4.69) is 19.6 Å². The van der Waals surface area contributed by atoms with Gasteiger partial charge in [0.2, 0.25) is 0 Å². The van der Waals surface area contributed by atoms with Crippen molar-refractivity contribution in [2.24, 2.45) is 0 Å². The first-order valence-corrected chi connectivity index (χ1v) is 11.6. The van der Waals surface area contributed by atoms with Gasteiger partial charge in [0.05, 0.1) is 13.7 Å². The molecule has 0 saturated carbocycles. The fourth-order valence-corrected chi connectivity index (χ4v) is 4.13. The Labute approximate surface area is 197 Å². The van der Waals surface area contributed by atoms with Crippen LogP contribution in [0.5, 0.6) is 11.5 Å². The summed E-state index contributed by atoms with van der Waals surface area (Å²) in [5, 5.41) is 16.5. The fourth-order valence-electron chi connectivity index (χ4n) is 3.67. The van der Waals surface area contributed by atoms with Crippen molar-refractivity contribution < 1.29 is 40.4 Å². The molecule has 35 heavy (non-hydrogen) atoms. The third-order valence-corrected chi connectivity index (χ3v) is 6.33. The average molecular weight is 515 g/mol. The number of halogens is 3. The number of likely N-dealkylation sites (tertiary alicyclic amines) is 1. The highest BCUT2D eigenvalue weighted by Crippen LogP contribution is 2.36. The quantitative estimate of drug-likeness (QED) is 0.360. The van der Waals surface area contributed by atoms with Crippen molar-refractivity contribution in [2.45, 2.75) is 24.5 Å². The van der Waals surface area contributed by atoms with Gasteiger partial charge in [0.1, 0.15) is 11.1 Å². The van der Waals surface area contributed by atoms with Crippen molar-refractivity contribution in [1.29, 1.82) is 0 Å². The lowest BCUT2D eigenvalue weighted by Crippen LogP contribution is -2.30. The number of benzene rings is 1. The van der Waals surface area contributed by atoms with Crippen LogP contribution < -0.4 is 14.2 Å². The normalized spacial score (nSPS) is 16.5.